The number of sulfonamides is 1. The number of rotatable bonds is 3. The molecule has 0 saturated heterocycles. The lowest BCUT2D eigenvalue weighted by Crippen LogP contribution is -2.30. The van der Waals surface area contributed by atoms with E-state index in [1.807, 2.05) is 0 Å². The van der Waals surface area contributed by atoms with Gasteiger partial charge in [-0.3, -0.25) is 4.72 Å². The van der Waals surface area contributed by atoms with Crippen LogP contribution in [0.1, 0.15) is 0 Å². The highest BCUT2D eigenvalue weighted by Gasteiger charge is 2.46. The van der Waals surface area contributed by atoms with Crippen molar-refractivity contribution in [3.63, 3.8) is 0 Å². The number of hydrogen-bond donors (Lipinski definition) is 1. The van der Waals surface area contributed by atoms with Crippen LogP contribution in [-0.2, 0) is 10.0 Å². The molecule has 0 fully saturated rings. The molecule has 1 N–H and O–H groups in total. The fourth-order valence-corrected chi connectivity index (χ4v) is 2.23. The molecule has 106 valence electrons. The topological polar surface area (TPSA) is 46.2 Å². The van der Waals surface area contributed by atoms with E-state index in [1.165, 1.54) is 12.1 Å². The molecular weight excluding hydrogens is 291 g/mol. The highest BCUT2D eigenvalue weighted by Crippen LogP contribution is 2.31. The zero-order valence-corrected chi connectivity index (χ0v) is 10.9. The van der Waals surface area contributed by atoms with Crippen molar-refractivity contribution in [2.45, 2.75) is 5.51 Å². The molecule has 0 bridgehead atoms. The van der Waals surface area contributed by atoms with Gasteiger partial charge in [0, 0.05) is 5.56 Å². The molecule has 0 aromatic heterocycles. The van der Waals surface area contributed by atoms with Gasteiger partial charge in [0.15, 0.2) is 0 Å². The highest BCUT2D eigenvalue weighted by atomic mass is 32.2. The third-order valence-corrected chi connectivity index (χ3v) is 3.66. The summed E-state index contributed by atoms with van der Waals surface area (Å²) in [5.74, 6) is 0. The maximum Gasteiger partial charge on any atom is 0.516 e. The number of benzene rings is 2. The smallest absolute Gasteiger partial charge is 0.275 e. The van der Waals surface area contributed by atoms with E-state index in [4.69, 9.17) is 0 Å². The van der Waals surface area contributed by atoms with Crippen LogP contribution < -0.4 is 4.72 Å². The van der Waals surface area contributed by atoms with Crippen molar-refractivity contribution in [2.24, 2.45) is 0 Å². The lowest BCUT2D eigenvalue weighted by molar-refractivity contribution is -0.0429. The molecule has 0 atom stereocenters. The minimum Gasteiger partial charge on any atom is -0.275 e. The van der Waals surface area contributed by atoms with Crippen LogP contribution in [0.4, 0.5) is 18.9 Å². The van der Waals surface area contributed by atoms with Crippen LogP contribution in [0.5, 0.6) is 0 Å². The molecule has 0 amide bonds. The van der Waals surface area contributed by atoms with Gasteiger partial charge in [-0.1, -0.05) is 48.5 Å². The van der Waals surface area contributed by atoms with Crippen molar-refractivity contribution < 1.29 is 21.6 Å². The minimum absolute atomic E-state index is 0.115. The molecule has 7 heteroatoms. The average molecular weight is 301 g/mol. The SMILES string of the molecule is O=S(=O)(Nc1ccccc1-c1ccccc1)C(F)(F)F. The summed E-state index contributed by atoms with van der Waals surface area (Å²) in [5.41, 5.74) is -4.47. The predicted octanol–water partition coefficient (Wildman–Crippen LogP) is 3.62. The van der Waals surface area contributed by atoms with Crippen molar-refractivity contribution in [3.05, 3.63) is 54.6 Å². The van der Waals surface area contributed by atoms with E-state index in [9.17, 15) is 21.6 Å². The molecule has 2 aromatic rings. The Labute approximate surface area is 114 Å². The zero-order chi connectivity index (χ0) is 14.8. The van der Waals surface area contributed by atoms with Crippen molar-refractivity contribution in [1.82, 2.24) is 0 Å². The van der Waals surface area contributed by atoms with Crippen LogP contribution >= 0.6 is 0 Å². The number of anilines is 1. The number of alkyl halides is 3. The summed E-state index contributed by atoms with van der Waals surface area (Å²) in [6.07, 6.45) is 0. The molecule has 0 saturated carbocycles. The van der Waals surface area contributed by atoms with Gasteiger partial charge in [-0.15, -0.1) is 0 Å². The van der Waals surface area contributed by atoms with Gasteiger partial charge in [-0.25, -0.2) is 0 Å². The van der Waals surface area contributed by atoms with Crippen molar-refractivity contribution >= 4 is 15.7 Å². The fraction of sp³-hybridized carbons (Fsp3) is 0.0769. The first-order valence-corrected chi connectivity index (χ1v) is 7.03. The van der Waals surface area contributed by atoms with Crippen molar-refractivity contribution in [2.75, 3.05) is 4.72 Å². The largest absolute Gasteiger partial charge is 0.516 e. The molecule has 3 nitrogen and oxygen atoms in total. The molecular formula is C13H10F3NO2S. The van der Waals surface area contributed by atoms with E-state index >= 15 is 0 Å². The van der Waals surface area contributed by atoms with Crippen LogP contribution in [-0.4, -0.2) is 13.9 Å². The third kappa shape index (κ3) is 2.93. The molecule has 0 aliphatic heterocycles. The van der Waals surface area contributed by atoms with Gasteiger partial charge in [-0.05, 0) is 11.6 Å². The van der Waals surface area contributed by atoms with E-state index in [0.717, 1.165) is 0 Å². The number of hydrogen-bond acceptors (Lipinski definition) is 2. The Balaban J connectivity index is 2.45. The molecule has 20 heavy (non-hydrogen) atoms. The molecule has 0 heterocycles. The Kier molecular flexibility index (Phi) is 3.71. The Morgan fingerprint density at radius 3 is 2.00 bits per heavy atom. The maximum atomic E-state index is 12.4. The summed E-state index contributed by atoms with van der Waals surface area (Å²) in [7, 11) is -5.43. The molecule has 0 aliphatic carbocycles. The summed E-state index contributed by atoms with van der Waals surface area (Å²) in [5, 5.41) is 0. The zero-order valence-electron chi connectivity index (χ0n) is 10.1. The van der Waals surface area contributed by atoms with Gasteiger partial charge < -0.3 is 0 Å². The normalized spacial score (nSPS) is 12.2. The Hall–Kier alpha value is -2.02. The summed E-state index contributed by atoms with van der Waals surface area (Å²) >= 11 is 0. The van der Waals surface area contributed by atoms with E-state index in [2.05, 4.69) is 0 Å². The highest BCUT2D eigenvalue weighted by molar-refractivity contribution is 7.93. The van der Waals surface area contributed by atoms with Crippen LogP contribution in [0.3, 0.4) is 0 Å². The number of halogens is 3. The van der Waals surface area contributed by atoms with Crippen LogP contribution in [0.2, 0.25) is 0 Å². The minimum atomic E-state index is -5.43. The number of para-hydroxylation sites is 1. The summed E-state index contributed by atoms with van der Waals surface area (Å²) in [6, 6.07) is 14.5. The van der Waals surface area contributed by atoms with Gasteiger partial charge >= 0.3 is 15.5 Å². The molecule has 0 unspecified atom stereocenters. The van der Waals surface area contributed by atoms with E-state index in [-0.39, 0.29) is 5.69 Å². The maximum absolute atomic E-state index is 12.4. The standard InChI is InChI=1S/C13H10F3NO2S/c14-13(15,16)20(18,19)17-12-9-5-4-8-11(12)10-6-2-1-3-7-10/h1-9,17H. The number of nitrogens with one attached hydrogen (secondary N) is 1. The van der Waals surface area contributed by atoms with E-state index < -0.39 is 15.5 Å². The molecule has 2 aromatic carbocycles. The Bertz CT molecular complexity index is 697. The Morgan fingerprint density at radius 2 is 1.40 bits per heavy atom. The Morgan fingerprint density at radius 1 is 0.850 bits per heavy atom. The van der Waals surface area contributed by atoms with Gasteiger partial charge in [0.05, 0.1) is 5.69 Å². The second kappa shape index (κ2) is 5.16. The van der Waals surface area contributed by atoms with Crippen molar-refractivity contribution in [1.29, 1.82) is 0 Å². The molecule has 0 spiro atoms. The average Bonchev–Trinajstić information content (AvgIpc) is 2.38. The van der Waals surface area contributed by atoms with E-state index in [1.54, 1.807) is 47.2 Å². The lowest BCUT2D eigenvalue weighted by Gasteiger charge is -2.14. The predicted molar refractivity (Wildman–Crippen MR) is 70.5 cm³/mol. The van der Waals surface area contributed by atoms with Gasteiger partial charge in [0.25, 0.3) is 0 Å². The fourth-order valence-electron chi connectivity index (χ4n) is 1.64. The summed E-state index contributed by atoms with van der Waals surface area (Å²) in [6.45, 7) is 0. The van der Waals surface area contributed by atoms with Gasteiger partial charge in [0.1, 0.15) is 0 Å². The second-order valence-corrected chi connectivity index (χ2v) is 5.64. The van der Waals surface area contributed by atoms with Crippen LogP contribution in [0, 0.1) is 0 Å². The molecule has 0 aliphatic rings. The summed E-state index contributed by atoms with van der Waals surface area (Å²) in [4.78, 5) is 0. The lowest BCUT2D eigenvalue weighted by atomic mass is 10.0. The molecule has 0 radical (unpaired) electrons. The second-order valence-electron chi connectivity index (χ2n) is 3.96. The van der Waals surface area contributed by atoms with Gasteiger partial charge in [-0.2, -0.15) is 21.6 Å². The van der Waals surface area contributed by atoms with Crippen LogP contribution in [0.25, 0.3) is 11.1 Å². The van der Waals surface area contributed by atoms with E-state index in [0.29, 0.717) is 11.1 Å². The van der Waals surface area contributed by atoms with Gasteiger partial charge in [0.2, 0.25) is 0 Å². The monoisotopic (exact) mass is 301 g/mol. The first-order chi connectivity index (χ1) is 9.31. The first kappa shape index (κ1) is 14.4. The van der Waals surface area contributed by atoms with Crippen molar-refractivity contribution in [3.8, 4) is 11.1 Å². The van der Waals surface area contributed by atoms with Crippen LogP contribution in [0.15, 0.2) is 54.6 Å². The first-order valence-electron chi connectivity index (χ1n) is 5.55. The summed E-state index contributed by atoms with van der Waals surface area (Å²) < 4.78 is 61.1. The quantitative estimate of drug-likeness (QED) is 0.941. The molecule has 2 rings (SSSR count). The third-order valence-electron chi connectivity index (χ3n) is 2.56.